The van der Waals surface area contributed by atoms with E-state index < -0.39 is 34.4 Å². The molecule has 1 aliphatic rings. The highest BCUT2D eigenvalue weighted by Crippen LogP contribution is 2.30. The van der Waals surface area contributed by atoms with Crippen molar-refractivity contribution in [2.24, 2.45) is 5.73 Å². The van der Waals surface area contributed by atoms with E-state index >= 15 is 0 Å². The van der Waals surface area contributed by atoms with Crippen molar-refractivity contribution in [3.8, 4) is 11.4 Å². The lowest BCUT2D eigenvalue weighted by molar-refractivity contribution is -0.0496. The minimum atomic E-state index is -5.45. The van der Waals surface area contributed by atoms with Gasteiger partial charge in [0.25, 0.3) is 0 Å². The average molecular weight is 379 g/mol. The molecule has 0 amide bonds. The summed E-state index contributed by atoms with van der Waals surface area (Å²) in [4.78, 5) is 3.99. The molecule has 0 aliphatic carbocycles. The summed E-state index contributed by atoms with van der Waals surface area (Å²) in [5, 5.41) is 4.05. The number of sulfonamides is 1. The summed E-state index contributed by atoms with van der Waals surface area (Å²) in [5.74, 6) is -0.635. The fourth-order valence-corrected chi connectivity index (χ4v) is 3.35. The standard InChI is InChI=1S/C13H13F4N5O2S/c14-10-5-8(6-18)1-2-9(10)12-19-11-7-21(3-4-22(11)20-12)25(23,24)13(15,16)17/h1-2,5H,3-4,6-7,18H2. The lowest BCUT2D eigenvalue weighted by Gasteiger charge is -2.26. The zero-order valence-corrected chi connectivity index (χ0v) is 13.5. The molecule has 0 atom stereocenters. The van der Waals surface area contributed by atoms with Crippen LogP contribution in [0, 0.1) is 5.82 Å². The lowest BCUT2D eigenvalue weighted by Crippen LogP contribution is -2.44. The van der Waals surface area contributed by atoms with Gasteiger partial charge in [0.05, 0.1) is 18.7 Å². The fourth-order valence-electron chi connectivity index (χ4n) is 2.45. The normalized spacial score (nSPS) is 16.0. The van der Waals surface area contributed by atoms with Crippen LogP contribution in [0.5, 0.6) is 0 Å². The van der Waals surface area contributed by atoms with Crippen LogP contribution in [0.25, 0.3) is 11.4 Å². The van der Waals surface area contributed by atoms with Crippen molar-refractivity contribution in [3.63, 3.8) is 0 Å². The second kappa shape index (κ2) is 6.04. The van der Waals surface area contributed by atoms with E-state index in [9.17, 15) is 26.0 Å². The highest BCUT2D eigenvalue weighted by atomic mass is 32.2. The van der Waals surface area contributed by atoms with E-state index in [1.165, 1.54) is 16.8 Å². The first kappa shape index (κ1) is 17.8. The van der Waals surface area contributed by atoms with Crippen LogP contribution in [0.1, 0.15) is 11.4 Å². The molecule has 1 aromatic heterocycles. The third-order valence-corrected chi connectivity index (χ3v) is 5.35. The Labute approximate surface area is 140 Å². The molecular formula is C13H13F4N5O2S. The highest BCUT2D eigenvalue weighted by molar-refractivity contribution is 7.89. The minimum absolute atomic E-state index is 0.0105. The minimum Gasteiger partial charge on any atom is -0.326 e. The molecule has 0 bridgehead atoms. The van der Waals surface area contributed by atoms with Gasteiger partial charge >= 0.3 is 15.5 Å². The molecule has 2 heterocycles. The molecule has 0 unspecified atom stereocenters. The maximum atomic E-state index is 14.1. The van der Waals surface area contributed by atoms with Crippen LogP contribution in [0.4, 0.5) is 17.6 Å². The van der Waals surface area contributed by atoms with Gasteiger partial charge in [-0.3, -0.25) is 0 Å². The molecule has 0 fully saturated rings. The van der Waals surface area contributed by atoms with E-state index in [-0.39, 0.29) is 34.6 Å². The Kier molecular flexibility index (Phi) is 4.29. The molecular weight excluding hydrogens is 366 g/mol. The van der Waals surface area contributed by atoms with E-state index in [2.05, 4.69) is 10.1 Å². The molecule has 1 aromatic carbocycles. The molecule has 136 valence electrons. The molecule has 0 saturated heterocycles. The topological polar surface area (TPSA) is 94.1 Å². The number of hydrogen-bond acceptors (Lipinski definition) is 5. The molecule has 2 N–H and O–H groups in total. The van der Waals surface area contributed by atoms with Crippen LogP contribution < -0.4 is 5.73 Å². The number of nitrogens with zero attached hydrogens (tertiary/aromatic N) is 4. The largest absolute Gasteiger partial charge is 0.511 e. The van der Waals surface area contributed by atoms with Crippen molar-refractivity contribution in [2.45, 2.75) is 25.1 Å². The van der Waals surface area contributed by atoms with Crippen LogP contribution in [0.3, 0.4) is 0 Å². The lowest BCUT2D eigenvalue weighted by atomic mass is 10.1. The Morgan fingerprint density at radius 2 is 1.96 bits per heavy atom. The van der Waals surface area contributed by atoms with Gasteiger partial charge in [0, 0.05) is 13.1 Å². The summed E-state index contributed by atoms with van der Waals surface area (Å²) in [6.45, 7) is -0.946. The molecule has 7 nitrogen and oxygen atoms in total. The third kappa shape index (κ3) is 3.12. The van der Waals surface area contributed by atoms with Crippen molar-refractivity contribution in [3.05, 3.63) is 35.4 Å². The number of hydrogen-bond donors (Lipinski definition) is 1. The van der Waals surface area contributed by atoms with Crippen molar-refractivity contribution >= 4 is 10.0 Å². The van der Waals surface area contributed by atoms with Gasteiger partial charge in [0.15, 0.2) is 5.82 Å². The second-order valence-corrected chi connectivity index (χ2v) is 7.31. The SMILES string of the molecule is NCc1ccc(-c2nc3n(n2)CCN(S(=O)(=O)C(F)(F)F)C3)c(F)c1. The molecule has 0 saturated carbocycles. The number of benzene rings is 1. The van der Waals surface area contributed by atoms with Crippen molar-refractivity contribution < 1.29 is 26.0 Å². The summed E-state index contributed by atoms with van der Waals surface area (Å²) < 4.78 is 76.6. The smallest absolute Gasteiger partial charge is 0.326 e. The Morgan fingerprint density at radius 1 is 1.24 bits per heavy atom. The van der Waals surface area contributed by atoms with E-state index in [1.807, 2.05) is 0 Å². The summed E-state index contributed by atoms with van der Waals surface area (Å²) >= 11 is 0. The van der Waals surface area contributed by atoms with E-state index in [0.29, 0.717) is 5.56 Å². The first-order chi connectivity index (χ1) is 11.6. The predicted octanol–water partition coefficient (Wildman–Crippen LogP) is 1.21. The van der Waals surface area contributed by atoms with Gasteiger partial charge < -0.3 is 5.73 Å². The van der Waals surface area contributed by atoms with E-state index in [0.717, 1.165) is 0 Å². The molecule has 0 spiro atoms. The third-order valence-electron chi connectivity index (χ3n) is 3.77. The Bertz CT molecular complexity index is 910. The maximum absolute atomic E-state index is 14.1. The van der Waals surface area contributed by atoms with Crippen LogP contribution in [0.15, 0.2) is 18.2 Å². The van der Waals surface area contributed by atoms with Gasteiger partial charge in [-0.2, -0.15) is 22.6 Å². The van der Waals surface area contributed by atoms with Gasteiger partial charge in [0.2, 0.25) is 0 Å². The Morgan fingerprint density at radius 3 is 2.56 bits per heavy atom. The number of nitrogens with two attached hydrogens (primary N) is 1. The summed E-state index contributed by atoms with van der Waals surface area (Å²) in [6.07, 6.45) is 0. The van der Waals surface area contributed by atoms with Crippen LogP contribution in [0.2, 0.25) is 0 Å². The number of rotatable bonds is 3. The van der Waals surface area contributed by atoms with Crippen molar-refractivity contribution in [2.75, 3.05) is 6.54 Å². The zero-order valence-electron chi connectivity index (χ0n) is 12.7. The maximum Gasteiger partial charge on any atom is 0.511 e. The van der Waals surface area contributed by atoms with Gasteiger partial charge in [-0.25, -0.2) is 22.5 Å². The van der Waals surface area contributed by atoms with Crippen LogP contribution >= 0.6 is 0 Å². The molecule has 0 radical (unpaired) electrons. The van der Waals surface area contributed by atoms with Crippen molar-refractivity contribution in [1.29, 1.82) is 0 Å². The summed E-state index contributed by atoms with van der Waals surface area (Å²) in [7, 11) is -5.45. The van der Waals surface area contributed by atoms with Gasteiger partial charge in [-0.05, 0) is 17.7 Å². The number of alkyl halides is 3. The molecule has 1 aliphatic heterocycles. The number of halogens is 4. The number of fused-ring (bicyclic) bond motifs is 1. The van der Waals surface area contributed by atoms with E-state index in [4.69, 9.17) is 5.73 Å². The monoisotopic (exact) mass is 379 g/mol. The molecule has 2 aromatic rings. The van der Waals surface area contributed by atoms with E-state index in [1.54, 1.807) is 6.07 Å². The summed E-state index contributed by atoms with van der Waals surface area (Å²) in [6, 6.07) is 4.22. The predicted molar refractivity (Wildman–Crippen MR) is 78.7 cm³/mol. The first-order valence-corrected chi connectivity index (χ1v) is 8.56. The Hall–Kier alpha value is -2.05. The highest BCUT2D eigenvalue weighted by Gasteiger charge is 2.50. The van der Waals surface area contributed by atoms with Crippen LogP contribution in [-0.4, -0.2) is 39.5 Å². The molecule has 12 heteroatoms. The second-order valence-electron chi connectivity index (χ2n) is 5.38. The van der Waals surface area contributed by atoms with Gasteiger partial charge in [-0.1, -0.05) is 6.07 Å². The van der Waals surface area contributed by atoms with Crippen molar-refractivity contribution in [1.82, 2.24) is 19.1 Å². The van der Waals surface area contributed by atoms with Crippen LogP contribution in [-0.2, 0) is 29.7 Å². The quantitative estimate of drug-likeness (QED) is 0.809. The van der Waals surface area contributed by atoms with Gasteiger partial charge in [-0.15, -0.1) is 0 Å². The summed E-state index contributed by atoms with van der Waals surface area (Å²) in [5.41, 5.74) is 0.657. The van der Waals surface area contributed by atoms with Gasteiger partial charge in [0.1, 0.15) is 11.6 Å². The zero-order chi connectivity index (χ0) is 18.4. The fraction of sp³-hybridized carbons (Fsp3) is 0.385. The molecule has 25 heavy (non-hydrogen) atoms. The average Bonchev–Trinajstić information content (AvgIpc) is 2.96. The molecule has 3 rings (SSSR count). The Balaban J connectivity index is 1.92. The number of aromatic nitrogens is 3. The first-order valence-electron chi connectivity index (χ1n) is 7.12.